The number of pyridine rings is 1. The van der Waals surface area contributed by atoms with Gasteiger partial charge in [0.2, 0.25) is 0 Å². The highest BCUT2D eigenvalue weighted by molar-refractivity contribution is 5.67. The molecular formula is C12H15NO2. The molecular weight excluding hydrogens is 190 g/mol. The second-order valence-corrected chi connectivity index (χ2v) is 4.05. The smallest absolute Gasteiger partial charge is 0.303 e. The first-order valence-corrected chi connectivity index (χ1v) is 5.44. The molecule has 3 heteroatoms. The van der Waals surface area contributed by atoms with E-state index in [2.05, 4.69) is 11.1 Å². The fourth-order valence-corrected chi connectivity index (χ4v) is 2.03. The molecule has 0 saturated carbocycles. The number of fused-ring (bicyclic) bond motifs is 1. The minimum Gasteiger partial charge on any atom is -0.481 e. The van der Waals surface area contributed by atoms with Gasteiger partial charge < -0.3 is 5.11 Å². The van der Waals surface area contributed by atoms with Gasteiger partial charge in [0.25, 0.3) is 0 Å². The summed E-state index contributed by atoms with van der Waals surface area (Å²) in [4.78, 5) is 14.8. The molecule has 1 aliphatic rings. The predicted molar refractivity (Wildman–Crippen MR) is 56.8 cm³/mol. The molecule has 1 aromatic rings. The SMILES string of the molecule is O=C(O)CCc1cnc2c(c1)CCCC2. The largest absolute Gasteiger partial charge is 0.481 e. The summed E-state index contributed by atoms with van der Waals surface area (Å²) in [6.45, 7) is 0. The van der Waals surface area contributed by atoms with Gasteiger partial charge in [0.15, 0.2) is 0 Å². The molecule has 0 spiro atoms. The van der Waals surface area contributed by atoms with Crippen LogP contribution in [0.25, 0.3) is 0 Å². The quantitative estimate of drug-likeness (QED) is 0.820. The molecule has 0 amide bonds. The third-order valence-corrected chi connectivity index (χ3v) is 2.85. The Labute approximate surface area is 89.2 Å². The molecule has 3 nitrogen and oxygen atoms in total. The van der Waals surface area contributed by atoms with Crippen molar-refractivity contribution in [3.8, 4) is 0 Å². The molecule has 15 heavy (non-hydrogen) atoms. The van der Waals surface area contributed by atoms with E-state index >= 15 is 0 Å². The third-order valence-electron chi connectivity index (χ3n) is 2.85. The van der Waals surface area contributed by atoms with E-state index in [-0.39, 0.29) is 6.42 Å². The van der Waals surface area contributed by atoms with Crippen LogP contribution in [0.2, 0.25) is 0 Å². The molecule has 0 bridgehead atoms. The van der Waals surface area contributed by atoms with Crippen molar-refractivity contribution in [2.75, 3.05) is 0 Å². The van der Waals surface area contributed by atoms with Crippen LogP contribution < -0.4 is 0 Å². The lowest BCUT2D eigenvalue weighted by molar-refractivity contribution is -0.136. The van der Waals surface area contributed by atoms with Crippen LogP contribution in [0.3, 0.4) is 0 Å². The van der Waals surface area contributed by atoms with Gasteiger partial charge in [-0.25, -0.2) is 0 Å². The number of aryl methyl sites for hydroxylation is 3. The van der Waals surface area contributed by atoms with E-state index in [9.17, 15) is 4.79 Å². The third kappa shape index (κ3) is 2.55. The zero-order valence-electron chi connectivity index (χ0n) is 8.70. The number of hydrogen-bond donors (Lipinski definition) is 1. The van der Waals surface area contributed by atoms with E-state index in [1.54, 1.807) is 0 Å². The first-order valence-electron chi connectivity index (χ1n) is 5.44. The maximum absolute atomic E-state index is 10.4. The van der Waals surface area contributed by atoms with Crippen LogP contribution in [-0.4, -0.2) is 16.1 Å². The highest BCUT2D eigenvalue weighted by Gasteiger charge is 2.11. The minimum absolute atomic E-state index is 0.195. The second kappa shape index (κ2) is 4.43. The lowest BCUT2D eigenvalue weighted by Gasteiger charge is -2.15. The lowest BCUT2D eigenvalue weighted by Crippen LogP contribution is -2.06. The van der Waals surface area contributed by atoms with Gasteiger partial charge in [0, 0.05) is 18.3 Å². The summed E-state index contributed by atoms with van der Waals surface area (Å²) < 4.78 is 0. The molecule has 2 rings (SSSR count). The van der Waals surface area contributed by atoms with Crippen molar-refractivity contribution < 1.29 is 9.90 Å². The number of carboxylic acids is 1. The van der Waals surface area contributed by atoms with E-state index in [1.165, 1.54) is 24.1 Å². The molecule has 1 aliphatic carbocycles. The van der Waals surface area contributed by atoms with E-state index in [0.29, 0.717) is 6.42 Å². The maximum atomic E-state index is 10.4. The Kier molecular flexibility index (Phi) is 2.99. The first kappa shape index (κ1) is 10.1. The highest BCUT2D eigenvalue weighted by atomic mass is 16.4. The number of carbonyl (C=O) groups is 1. The van der Waals surface area contributed by atoms with Gasteiger partial charge in [0.05, 0.1) is 0 Å². The summed E-state index contributed by atoms with van der Waals surface area (Å²) >= 11 is 0. The number of aromatic nitrogens is 1. The fourth-order valence-electron chi connectivity index (χ4n) is 2.03. The Morgan fingerprint density at radius 3 is 3.00 bits per heavy atom. The van der Waals surface area contributed by atoms with Crippen LogP contribution in [0, 0.1) is 0 Å². The second-order valence-electron chi connectivity index (χ2n) is 4.05. The van der Waals surface area contributed by atoms with Crippen molar-refractivity contribution in [1.29, 1.82) is 0 Å². The number of carboxylic acid groups (broad SMARTS) is 1. The van der Waals surface area contributed by atoms with Gasteiger partial charge in [-0.2, -0.15) is 0 Å². The molecule has 0 aliphatic heterocycles. The van der Waals surface area contributed by atoms with E-state index < -0.39 is 5.97 Å². The predicted octanol–water partition coefficient (Wildman–Crippen LogP) is 1.98. The Bertz CT molecular complexity index is 374. The van der Waals surface area contributed by atoms with E-state index in [1.807, 2.05) is 6.20 Å². The average molecular weight is 205 g/mol. The van der Waals surface area contributed by atoms with Crippen molar-refractivity contribution in [3.05, 3.63) is 29.1 Å². The van der Waals surface area contributed by atoms with Gasteiger partial charge in [-0.1, -0.05) is 6.07 Å². The summed E-state index contributed by atoms with van der Waals surface area (Å²) in [6, 6.07) is 2.13. The standard InChI is InChI=1S/C12H15NO2/c14-12(15)6-5-9-7-10-3-1-2-4-11(10)13-8-9/h7-8H,1-6H2,(H,14,15). The van der Waals surface area contributed by atoms with Crippen LogP contribution in [-0.2, 0) is 24.1 Å². The molecule has 80 valence electrons. The topological polar surface area (TPSA) is 50.2 Å². The van der Waals surface area contributed by atoms with Gasteiger partial charge in [0.1, 0.15) is 0 Å². The zero-order chi connectivity index (χ0) is 10.7. The number of hydrogen-bond acceptors (Lipinski definition) is 2. The van der Waals surface area contributed by atoms with Gasteiger partial charge in [-0.15, -0.1) is 0 Å². The van der Waals surface area contributed by atoms with Crippen LogP contribution in [0.5, 0.6) is 0 Å². The highest BCUT2D eigenvalue weighted by Crippen LogP contribution is 2.20. The molecule has 0 unspecified atom stereocenters. The summed E-state index contributed by atoms with van der Waals surface area (Å²) in [6.07, 6.45) is 7.26. The molecule has 0 aromatic carbocycles. The number of rotatable bonds is 3. The molecule has 1 heterocycles. The van der Waals surface area contributed by atoms with Crippen LogP contribution >= 0.6 is 0 Å². The van der Waals surface area contributed by atoms with Crippen molar-refractivity contribution in [2.45, 2.75) is 38.5 Å². The maximum Gasteiger partial charge on any atom is 0.303 e. The molecule has 0 fully saturated rings. The number of nitrogens with zero attached hydrogens (tertiary/aromatic N) is 1. The monoisotopic (exact) mass is 205 g/mol. The molecule has 1 aromatic heterocycles. The van der Waals surface area contributed by atoms with Crippen molar-refractivity contribution in [3.63, 3.8) is 0 Å². The van der Waals surface area contributed by atoms with E-state index in [4.69, 9.17) is 5.11 Å². The van der Waals surface area contributed by atoms with Crippen molar-refractivity contribution >= 4 is 5.97 Å². The Morgan fingerprint density at radius 1 is 1.40 bits per heavy atom. The lowest BCUT2D eigenvalue weighted by atomic mass is 9.94. The fraction of sp³-hybridized carbons (Fsp3) is 0.500. The van der Waals surface area contributed by atoms with Crippen molar-refractivity contribution in [2.24, 2.45) is 0 Å². The number of aliphatic carboxylic acids is 1. The normalized spacial score (nSPS) is 14.7. The summed E-state index contributed by atoms with van der Waals surface area (Å²) in [5, 5.41) is 8.59. The molecule has 1 N–H and O–H groups in total. The van der Waals surface area contributed by atoms with Crippen LogP contribution in [0.4, 0.5) is 0 Å². The Hall–Kier alpha value is -1.38. The molecule has 0 saturated heterocycles. The van der Waals surface area contributed by atoms with Crippen LogP contribution in [0.15, 0.2) is 12.3 Å². The Morgan fingerprint density at radius 2 is 2.20 bits per heavy atom. The van der Waals surface area contributed by atoms with E-state index in [0.717, 1.165) is 18.4 Å². The first-order chi connectivity index (χ1) is 7.25. The van der Waals surface area contributed by atoms with Crippen LogP contribution in [0.1, 0.15) is 36.1 Å². The summed E-state index contributed by atoms with van der Waals surface area (Å²) in [5.74, 6) is -0.743. The Balaban J connectivity index is 2.10. The molecule has 0 radical (unpaired) electrons. The zero-order valence-corrected chi connectivity index (χ0v) is 8.70. The average Bonchev–Trinajstić information content (AvgIpc) is 2.26. The van der Waals surface area contributed by atoms with Gasteiger partial charge in [-0.3, -0.25) is 9.78 Å². The van der Waals surface area contributed by atoms with Crippen molar-refractivity contribution in [1.82, 2.24) is 4.98 Å². The minimum atomic E-state index is -0.743. The molecule has 0 atom stereocenters. The van der Waals surface area contributed by atoms with Gasteiger partial charge in [-0.05, 0) is 43.2 Å². The summed E-state index contributed by atoms with van der Waals surface area (Å²) in [7, 11) is 0. The summed E-state index contributed by atoms with van der Waals surface area (Å²) in [5.41, 5.74) is 3.59. The van der Waals surface area contributed by atoms with Gasteiger partial charge >= 0.3 is 5.97 Å².